The van der Waals surface area contributed by atoms with Crippen molar-refractivity contribution in [3.05, 3.63) is 89.1 Å². The number of carbonyl (C=O) groups is 2. The monoisotopic (exact) mass is 413 g/mol. The van der Waals surface area contributed by atoms with Crippen LogP contribution in [0.5, 0.6) is 5.88 Å². The van der Waals surface area contributed by atoms with Crippen molar-refractivity contribution in [3.8, 4) is 5.88 Å². The van der Waals surface area contributed by atoms with E-state index in [9.17, 15) is 9.59 Å². The van der Waals surface area contributed by atoms with Crippen molar-refractivity contribution in [3.63, 3.8) is 0 Å². The van der Waals surface area contributed by atoms with Crippen LogP contribution in [0.1, 0.15) is 27.2 Å². The number of benzene rings is 3. The minimum absolute atomic E-state index is 0.152. The summed E-state index contributed by atoms with van der Waals surface area (Å²) in [5.74, 6) is 0.444. The number of amides is 1. The molecule has 0 spiro atoms. The number of aldehydes is 1. The van der Waals surface area contributed by atoms with Gasteiger partial charge in [0, 0.05) is 23.2 Å². The van der Waals surface area contributed by atoms with Gasteiger partial charge in [-0.2, -0.15) is 5.10 Å². The first kappa shape index (κ1) is 20.3. The van der Waals surface area contributed by atoms with Crippen LogP contribution < -0.4 is 10.1 Å². The number of nitrogens with one attached hydrogen (secondary N) is 1. The second-order valence-corrected chi connectivity index (χ2v) is 7.31. The maximum atomic E-state index is 12.6. The Hall–Kier alpha value is -3.93. The van der Waals surface area contributed by atoms with Gasteiger partial charge in [-0.1, -0.05) is 42.5 Å². The Kier molecular flexibility index (Phi) is 5.80. The maximum absolute atomic E-state index is 12.6. The summed E-state index contributed by atoms with van der Waals surface area (Å²) in [6, 6.07) is 21.2. The van der Waals surface area contributed by atoms with Gasteiger partial charge in [0.1, 0.15) is 6.29 Å². The molecule has 0 aliphatic heterocycles. The first-order valence-corrected chi connectivity index (χ1v) is 10.0. The normalized spacial score (nSPS) is 10.8. The van der Waals surface area contributed by atoms with Crippen molar-refractivity contribution in [2.24, 2.45) is 0 Å². The lowest BCUT2D eigenvalue weighted by atomic mass is 10.1. The third-order valence-electron chi connectivity index (χ3n) is 5.24. The lowest BCUT2D eigenvalue weighted by Crippen LogP contribution is -2.12. The number of methoxy groups -OCH3 is 1. The summed E-state index contributed by atoms with van der Waals surface area (Å²) in [5, 5.41) is 9.57. The first-order chi connectivity index (χ1) is 15.1. The molecule has 1 amide bonds. The molecule has 1 heterocycles. The van der Waals surface area contributed by atoms with E-state index in [0.29, 0.717) is 23.7 Å². The first-order valence-electron chi connectivity index (χ1n) is 10.0. The van der Waals surface area contributed by atoms with E-state index >= 15 is 0 Å². The van der Waals surface area contributed by atoms with Crippen molar-refractivity contribution in [2.45, 2.75) is 19.9 Å². The SMILES string of the molecule is COc1c(CC=O)c(C)nn1Cc1ccc(NC(=O)c2ccc3ccccc3c2)cc1. The van der Waals surface area contributed by atoms with Gasteiger partial charge in [-0.15, -0.1) is 0 Å². The molecule has 4 aromatic rings. The molecule has 4 rings (SSSR count). The highest BCUT2D eigenvalue weighted by Gasteiger charge is 2.16. The number of aromatic nitrogens is 2. The van der Waals surface area contributed by atoms with Gasteiger partial charge in [0.15, 0.2) is 0 Å². The number of anilines is 1. The molecule has 3 aromatic carbocycles. The minimum atomic E-state index is -0.152. The molecule has 31 heavy (non-hydrogen) atoms. The predicted octanol–water partition coefficient (Wildman–Crippen LogP) is 4.40. The molecule has 0 aliphatic carbocycles. The molecule has 1 aromatic heterocycles. The molecule has 6 heteroatoms. The summed E-state index contributed by atoms with van der Waals surface area (Å²) < 4.78 is 7.21. The molecule has 0 aliphatic rings. The van der Waals surface area contributed by atoms with Crippen LogP contribution in [-0.2, 0) is 17.8 Å². The zero-order valence-electron chi connectivity index (χ0n) is 17.5. The molecule has 0 unspecified atom stereocenters. The molecule has 0 saturated heterocycles. The molecule has 0 saturated carbocycles. The molecule has 6 nitrogen and oxygen atoms in total. The Balaban J connectivity index is 1.47. The molecule has 0 fully saturated rings. The van der Waals surface area contributed by atoms with E-state index in [1.807, 2.05) is 73.7 Å². The lowest BCUT2D eigenvalue weighted by molar-refractivity contribution is -0.107. The number of nitrogens with zero attached hydrogens (tertiary/aromatic N) is 2. The molecule has 0 radical (unpaired) electrons. The van der Waals surface area contributed by atoms with E-state index < -0.39 is 0 Å². The zero-order chi connectivity index (χ0) is 21.8. The van der Waals surface area contributed by atoms with Gasteiger partial charge in [0.25, 0.3) is 5.91 Å². The summed E-state index contributed by atoms with van der Waals surface area (Å²) in [7, 11) is 1.58. The van der Waals surface area contributed by atoms with Gasteiger partial charge in [0.05, 0.1) is 19.3 Å². The summed E-state index contributed by atoms with van der Waals surface area (Å²) in [6.07, 6.45) is 1.12. The Bertz CT molecular complexity index is 1240. The van der Waals surface area contributed by atoms with Gasteiger partial charge in [-0.3, -0.25) is 4.79 Å². The fourth-order valence-corrected chi connectivity index (χ4v) is 3.65. The number of aryl methyl sites for hydroxylation is 1. The number of hydrogen-bond donors (Lipinski definition) is 1. The fourth-order valence-electron chi connectivity index (χ4n) is 3.65. The lowest BCUT2D eigenvalue weighted by Gasteiger charge is -2.09. The van der Waals surface area contributed by atoms with E-state index in [4.69, 9.17) is 4.74 Å². The topological polar surface area (TPSA) is 73.2 Å². The molecule has 156 valence electrons. The van der Waals surface area contributed by atoms with Gasteiger partial charge < -0.3 is 14.8 Å². The maximum Gasteiger partial charge on any atom is 0.255 e. The highest BCUT2D eigenvalue weighted by atomic mass is 16.5. The highest BCUT2D eigenvalue weighted by Crippen LogP contribution is 2.24. The summed E-state index contributed by atoms with van der Waals surface area (Å²) in [6.45, 7) is 2.37. The number of carbonyl (C=O) groups excluding carboxylic acids is 2. The molecule has 0 bridgehead atoms. The van der Waals surface area contributed by atoms with Crippen molar-refractivity contribution in [2.75, 3.05) is 12.4 Å². The minimum Gasteiger partial charge on any atom is -0.481 e. The van der Waals surface area contributed by atoms with Crippen LogP contribution in [0.15, 0.2) is 66.7 Å². The van der Waals surface area contributed by atoms with E-state index in [1.54, 1.807) is 11.8 Å². The van der Waals surface area contributed by atoms with Crippen molar-refractivity contribution >= 4 is 28.7 Å². The van der Waals surface area contributed by atoms with Crippen LogP contribution in [0.3, 0.4) is 0 Å². The fraction of sp³-hybridized carbons (Fsp3) is 0.160. The average molecular weight is 413 g/mol. The van der Waals surface area contributed by atoms with Crippen LogP contribution in [0, 0.1) is 6.92 Å². The van der Waals surface area contributed by atoms with Gasteiger partial charge in [-0.25, -0.2) is 4.68 Å². The number of hydrogen-bond acceptors (Lipinski definition) is 4. The number of rotatable bonds is 7. The molecule has 0 atom stereocenters. The van der Waals surface area contributed by atoms with Crippen molar-refractivity contribution in [1.29, 1.82) is 0 Å². The van der Waals surface area contributed by atoms with Crippen LogP contribution >= 0.6 is 0 Å². The van der Waals surface area contributed by atoms with Crippen LogP contribution in [0.4, 0.5) is 5.69 Å². The third kappa shape index (κ3) is 4.33. The zero-order valence-corrected chi connectivity index (χ0v) is 17.5. The van der Waals surface area contributed by atoms with Gasteiger partial charge >= 0.3 is 0 Å². The largest absolute Gasteiger partial charge is 0.481 e. The predicted molar refractivity (Wildman–Crippen MR) is 121 cm³/mol. The second kappa shape index (κ2) is 8.83. The van der Waals surface area contributed by atoms with Gasteiger partial charge in [-0.05, 0) is 47.5 Å². The smallest absolute Gasteiger partial charge is 0.255 e. The van der Waals surface area contributed by atoms with Crippen LogP contribution in [0.25, 0.3) is 10.8 Å². The summed E-state index contributed by atoms with van der Waals surface area (Å²) in [5.41, 5.74) is 3.91. The Morgan fingerprint density at radius 2 is 1.81 bits per heavy atom. The average Bonchev–Trinajstić information content (AvgIpc) is 3.08. The second-order valence-electron chi connectivity index (χ2n) is 7.31. The number of fused-ring (bicyclic) bond motifs is 1. The highest BCUT2D eigenvalue weighted by molar-refractivity contribution is 6.06. The Morgan fingerprint density at radius 1 is 1.06 bits per heavy atom. The number of ether oxygens (including phenoxy) is 1. The van der Waals surface area contributed by atoms with E-state index in [1.165, 1.54) is 0 Å². The Morgan fingerprint density at radius 3 is 2.52 bits per heavy atom. The van der Waals surface area contributed by atoms with Crippen LogP contribution in [0.2, 0.25) is 0 Å². The van der Waals surface area contributed by atoms with Crippen molar-refractivity contribution in [1.82, 2.24) is 9.78 Å². The standard InChI is InChI=1S/C25H23N3O3/c1-17-23(13-14-29)25(31-2)28(27-17)16-18-7-11-22(12-8-18)26-24(30)21-10-9-19-5-3-4-6-20(19)15-21/h3-12,14-15H,13,16H2,1-2H3,(H,26,30). The molecule has 1 N–H and O–H groups in total. The van der Waals surface area contributed by atoms with E-state index in [-0.39, 0.29) is 12.3 Å². The van der Waals surface area contributed by atoms with Gasteiger partial charge in [0.2, 0.25) is 5.88 Å². The Labute approximate surface area is 180 Å². The van der Waals surface area contributed by atoms with E-state index in [2.05, 4.69) is 10.4 Å². The molecular formula is C25H23N3O3. The summed E-state index contributed by atoms with van der Waals surface area (Å²) in [4.78, 5) is 23.6. The van der Waals surface area contributed by atoms with Crippen molar-refractivity contribution < 1.29 is 14.3 Å². The third-order valence-corrected chi connectivity index (χ3v) is 5.24. The quantitative estimate of drug-likeness (QED) is 0.456. The van der Waals surface area contributed by atoms with Crippen LogP contribution in [-0.4, -0.2) is 29.1 Å². The molecular weight excluding hydrogens is 390 g/mol. The summed E-state index contributed by atoms with van der Waals surface area (Å²) >= 11 is 0. The van der Waals surface area contributed by atoms with E-state index in [0.717, 1.165) is 33.9 Å².